The fraction of sp³-hybridized carbons (Fsp3) is 0.458. The minimum absolute atomic E-state index is 0.165. The maximum atomic E-state index is 14.1. The van der Waals surface area contributed by atoms with Gasteiger partial charge in [-0.15, -0.1) is 0 Å². The molecule has 4 atom stereocenters. The number of fused-ring (bicyclic) bond motifs is 1. The highest BCUT2D eigenvalue weighted by Crippen LogP contribution is 2.58. The van der Waals surface area contributed by atoms with E-state index in [9.17, 15) is 26.7 Å². The van der Waals surface area contributed by atoms with Gasteiger partial charge in [0.1, 0.15) is 5.82 Å². The Balaban J connectivity index is 1.61. The van der Waals surface area contributed by atoms with E-state index in [2.05, 4.69) is 4.98 Å². The van der Waals surface area contributed by atoms with Crippen LogP contribution in [0.1, 0.15) is 31.4 Å². The van der Waals surface area contributed by atoms with E-state index in [1.54, 1.807) is 42.6 Å². The topological polar surface area (TPSA) is 93.3 Å². The summed E-state index contributed by atoms with van der Waals surface area (Å²) in [6, 6.07) is 9.70. The number of nitrogens with two attached hydrogens (primary N) is 1. The summed E-state index contributed by atoms with van der Waals surface area (Å²) in [5.41, 5.74) is 0.900. The Labute approximate surface area is 191 Å². The molecule has 1 unspecified atom stereocenters. The molecule has 33 heavy (non-hydrogen) atoms. The number of pyridine rings is 1. The van der Waals surface area contributed by atoms with Crippen molar-refractivity contribution >= 4 is 16.1 Å². The number of allylic oxidation sites excluding steroid dienone is 1. The van der Waals surface area contributed by atoms with Crippen LogP contribution >= 0.6 is 0 Å². The normalized spacial score (nSPS) is 29.3. The van der Waals surface area contributed by atoms with E-state index in [0.717, 1.165) is 5.56 Å². The van der Waals surface area contributed by atoms with Crippen LogP contribution in [0.25, 0.3) is 17.2 Å². The number of hydrogen-bond acceptors (Lipinski definition) is 4. The number of hydrogen-bond donors (Lipinski definition) is 2. The van der Waals surface area contributed by atoms with E-state index in [1.807, 2.05) is 0 Å². The van der Waals surface area contributed by atoms with Gasteiger partial charge in [0.15, 0.2) is 0 Å². The first-order valence-electron chi connectivity index (χ1n) is 10.9. The average molecular weight is 481 g/mol. The van der Waals surface area contributed by atoms with Gasteiger partial charge in [-0.2, -0.15) is 0 Å². The lowest BCUT2D eigenvalue weighted by molar-refractivity contribution is -0.0659. The van der Waals surface area contributed by atoms with E-state index in [4.69, 9.17) is 5.14 Å². The van der Waals surface area contributed by atoms with Gasteiger partial charge in [0, 0.05) is 30.0 Å². The molecule has 0 saturated heterocycles. The fourth-order valence-corrected chi connectivity index (χ4v) is 6.93. The minimum Gasteiger partial charge on any atom is -0.396 e. The third kappa shape index (κ3) is 5.31. The second kappa shape index (κ2) is 8.85. The molecule has 2 aliphatic carbocycles. The molecule has 0 aliphatic heterocycles. The summed E-state index contributed by atoms with van der Waals surface area (Å²) in [5, 5.41) is 15.5. The number of sulfonamides is 1. The van der Waals surface area contributed by atoms with E-state index in [-0.39, 0.29) is 43.3 Å². The molecule has 0 radical (unpaired) electrons. The van der Waals surface area contributed by atoms with Crippen molar-refractivity contribution in [2.45, 2.75) is 31.6 Å². The minimum atomic E-state index is -3.93. The van der Waals surface area contributed by atoms with E-state index in [1.165, 1.54) is 12.1 Å². The second-order valence-electron chi connectivity index (χ2n) is 9.42. The third-order valence-electron chi connectivity index (χ3n) is 7.07. The maximum absolute atomic E-state index is 14.1. The Bertz CT molecular complexity index is 1140. The molecule has 9 heteroatoms. The molecule has 1 aromatic carbocycles. The average Bonchev–Trinajstić information content (AvgIpc) is 3.02. The zero-order valence-corrected chi connectivity index (χ0v) is 18.8. The molecule has 0 amide bonds. The SMILES string of the molecule is NS(=O)(=O)CC1(CO)C[C@@H]2CC(F)(F)CC[C@H]2[C@@H]1/C=C/c1ccc(-c2cccc(F)c2)cn1. The molecular formula is C24H27F3N2O3S. The van der Waals surface area contributed by atoms with Crippen molar-refractivity contribution < 1.29 is 26.7 Å². The first-order chi connectivity index (χ1) is 15.5. The summed E-state index contributed by atoms with van der Waals surface area (Å²) in [6.45, 7) is -0.455. The van der Waals surface area contributed by atoms with Gasteiger partial charge in [-0.05, 0) is 60.4 Å². The number of rotatable bonds is 6. The van der Waals surface area contributed by atoms with Crippen molar-refractivity contribution in [1.82, 2.24) is 4.98 Å². The molecule has 1 heterocycles. The largest absolute Gasteiger partial charge is 0.396 e. The molecule has 1 aromatic heterocycles. The van der Waals surface area contributed by atoms with Crippen LogP contribution in [-0.4, -0.2) is 36.8 Å². The van der Waals surface area contributed by atoms with Crippen molar-refractivity contribution in [1.29, 1.82) is 0 Å². The highest BCUT2D eigenvalue weighted by molar-refractivity contribution is 7.89. The fourth-order valence-electron chi connectivity index (χ4n) is 5.72. The lowest BCUT2D eigenvalue weighted by Gasteiger charge is -2.35. The zero-order chi connectivity index (χ0) is 23.9. The quantitative estimate of drug-likeness (QED) is 0.647. The first kappa shape index (κ1) is 23.9. The van der Waals surface area contributed by atoms with Crippen LogP contribution in [0.4, 0.5) is 13.2 Å². The van der Waals surface area contributed by atoms with Crippen LogP contribution < -0.4 is 5.14 Å². The number of benzene rings is 1. The molecule has 3 N–H and O–H groups in total. The van der Waals surface area contributed by atoms with Crippen LogP contribution in [0, 0.1) is 29.0 Å². The number of primary sulfonamides is 1. The molecule has 178 valence electrons. The standard InChI is InChI=1S/C24H27F3N2O3S/c25-19-3-1-2-16(10-19)17-4-5-20(29-13-17)6-7-22-21-8-9-24(26,27)12-18(21)11-23(22,14-30)15-33(28,31)32/h1-7,10,13,18,21-22,30H,8-9,11-12,14-15H2,(H2,28,31,32)/b7-6+/t18-,21-,22+,23?/m1/s1. The van der Waals surface area contributed by atoms with Crippen molar-refractivity contribution in [2.24, 2.45) is 28.3 Å². The second-order valence-corrected chi connectivity index (χ2v) is 11.0. The molecule has 4 rings (SSSR count). The summed E-state index contributed by atoms with van der Waals surface area (Å²) in [4.78, 5) is 4.39. The third-order valence-corrected chi connectivity index (χ3v) is 8.05. The Morgan fingerprint density at radius 1 is 1.18 bits per heavy atom. The lowest BCUT2D eigenvalue weighted by atomic mass is 9.73. The van der Waals surface area contributed by atoms with Crippen molar-refractivity contribution in [2.75, 3.05) is 12.4 Å². The van der Waals surface area contributed by atoms with Crippen LogP contribution in [0.2, 0.25) is 0 Å². The summed E-state index contributed by atoms with van der Waals surface area (Å²) in [6.07, 6.45) is 5.00. The molecule has 0 bridgehead atoms. The Kier molecular flexibility index (Phi) is 6.41. The molecule has 2 aliphatic rings. The highest BCUT2D eigenvalue weighted by atomic mass is 32.2. The monoisotopic (exact) mass is 480 g/mol. The summed E-state index contributed by atoms with van der Waals surface area (Å²) in [7, 11) is -3.93. The Morgan fingerprint density at radius 2 is 1.97 bits per heavy atom. The molecule has 2 aromatic rings. The smallest absolute Gasteiger partial charge is 0.248 e. The van der Waals surface area contributed by atoms with Gasteiger partial charge >= 0.3 is 0 Å². The predicted octanol–water partition coefficient (Wildman–Crippen LogP) is 4.24. The molecular weight excluding hydrogens is 453 g/mol. The van der Waals surface area contributed by atoms with Crippen LogP contribution in [0.3, 0.4) is 0 Å². The van der Waals surface area contributed by atoms with Crippen molar-refractivity contribution in [3.63, 3.8) is 0 Å². The number of aromatic nitrogens is 1. The van der Waals surface area contributed by atoms with Crippen molar-refractivity contribution in [3.8, 4) is 11.1 Å². The Morgan fingerprint density at radius 3 is 2.61 bits per heavy atom. The van der Waals surface area contributed by atoms with Gasteiger partial charge in [-0.3, -0.25) is 4.98 Å². The van der Waals surface area contributed by atoms with Gasteiger partial charge in [0.25, 0.3) is 0 Å². The van der Waals surface area contributed by atoms with Gasteiger partial charge in [-0.1, -0.05) is 24.3 Å². The summed E-state index contributed by atoms with van der Waals surface area (Å²) in [5.74, 6) is -4.57. The van der Waals surface area contributed by atoms with E-state index < -0.39 is 39.6 Å². The maximum Gasteiger partial charge on any atom is 0.248 e. The van der Waals surface area contributed by atoms with E-state index in [0.29, 0.717) is 11.3 Å². The van der Waals surface area contributed by atoms with Crippen LogP contribution in [0.15, 0.2) is 48.7 Å². The highest BCUT2D eigenvalue weighted by Gasteiger charge is 2.57. The molecule has 2 saturated carbocycles. The number of halogens is 3. The zero-order valence-electron chi connectivity index (χ0n) is 18.0. The lowest BCUT2D eigenvalue weighted by Crippen LogP contribution is -2.40. The molecule has 2 fully saturated rings. The van der Waals surface area contributed by atoms with Gasteiger partial charge in [-0.25, -0.2) is 26.7 Å². The summed E-state index contributed by atoms with van der Waals surface area (Å²) >= 11 is 0. The first-order valence-corrected chi connectivity index (χ1v) is 12.6. The number of nitrogens with zero attached hydrogens (tertiary/aromatic N) is 1. The Hall–Kier alpha value is -2.23. The number of aliphatic hydroxyl groups excluding tert-OH is 1. The molecule has 0 spiro atoms. The van der Waals surface area contributed by atoms with Gasteiger partial charge in [0.05, 0.1) is 18.1 Å². The van der Waals surface area contributed by atoms with Crippen LogP contribution in [-0.2, 0) is 10.0 Å². The van der Waals surface area contributed by atoms with E-state index >= 15 is 0 Å². The number of alkyl halides is 2. The van der Waals surface area contributed by atoms with Crippen LogP contribution in [0.5, 0.6) is 0 Å². The predicted molar refractivity (Wildman–Crippen MR) is 120 cm³/mol. The van der Waals surface area contributed by atoms with Crippen molar-refractivity contribution in [3.05, 3.63) is 60.2 Å². The number of aliphatic hydroxyl groups is 1. The molecule has 5 nitrogen and oxygen atoms in total. The van der Waals surface area contributed by atoms with Gasteiger partial charge < -0.3 is 5.11 Å². The summed E-state index contributed by atoms with van der Waals surface area (Å²) < 4.78 is 65.5. The van der Waals surface area contributed by atoms with Gasteiger partial charge in [0.2, 0.25) is 15.9 Å².